The van der Waals surface area contributed by atoms with Crippen LogP contribution in [0.5, 0.6) is 5.88 Å². The van der Waals surface area contributed by atoms with Crippen molar-refractivity contribution in [1.82, 2.24) is 4.98 Å². The maximum atomic E-state index is 13.4. The molecule has 0 amide bonds. The average molecular weight is 245 g/mol. The largest absolute Gasteiger partial charge is 0.472 e. The molecule has 0 bridgehead atoms. The van der Waals surface area contributed by atoms with Gasteiger partial charge < -0.3 is 10.5 Å². The lowest BCUT2D eigenvalue weighted by atomic mass is 9.94. The van der Waals surface area contributed by atoms with Crippen molar-refractivity contribution < 1.29 is 9.13 Å². The molecule has 0 aliphatic heterocycles. The summed E-state index contributed by atoms with van der Waals surface area (Å²) in [5.41, 5.74) is 5.78. The molecule has 1 aromatic rings. The van der Waals surface area contributed by atoms with E-state index in [2.05, 4.69) is 4.98 Å². The highest BCUT2D eigenvalue weighted by molar-refractivity contribution is 6.30. The second kappa shape index (κ2) is 4.97. The predicted molar refractivity (Wildman–Crippen MR) is 60.1 cm³/mol. The van der Waals surface area contributed by atoms with Gasteiger partial charge in [-0.15, -0.1) is 0 Å². The van der Waals surface area contributed by atoms with Crippen molar-refractivity contribution in [3.8, 4) is 5.88 Å². The molecule has 0 unspecified atom stereocenters. The maximum Gasteiger partial charge on any atom is 0.250 e. The molecule has 3 nitrogen and oxygen atoms in total. The molecule has 1 aromatic heterocycles. The molecule has 0 atom stereocenters. The third kappa shape index (κ3) is 2.83. The Kier molecular flexibility index (Phi) is 3.61. The molecule has 0 aromatic carbocycles. The number of halogens is 2. The summed E-state index contributed by atoms with van der Waals surface area (Å²) >= 11 is 5.60. The van der Waals surface area contributed by atoms with E-state index in [0.717, 1.165) is 25.7 Å². The van der Waals surface area contributed by atoms with Crippen molar-refractivity contribution in [3.63, 3.8) is 0 Å². The molecular formula is C11H14ClFN2O. The van der Waals surface area contributed by atoms with Gasteiger partial charge in [0, 0.05) is 12.2 Å². The highest BCUT2D eigenvalue weighted by atomic mass is 35.5. The average Bonchev–Trinajstić information content (AvgIpc) is 2.25. The molecule has 0 saturated heterocycles. The van der Waals surface area contributed by atoms with Gasteiger partial charge in [0.1, 0.15) is 6.10 Å². The molecule has 16 heavy (non-hydrogen) atoms. The Hall–Kier alpha value is -0.870. The number of hydrogen-bond acceptors (Lipinski definition) is 3. The second-order valence-electron chi connectivity index (χ2n) is 4.10. The zero-order valence-corrected chi connectivity index (χ0v) is 9.58. The Morgan fingerprint density at radius 2 is 2.06 bits per heavy atom. The lowest BCUT2D eigenvalue weighted by Gasteiger charge is -2.26. The minimum absolute atomic E-state index is 0.0166. The SMILES string of the molecule is NC1CCC(Oc2ncc(Cl)cc2F)CC1. The van der Waals surface area contributed by atoms with Crippen LogP contribution in [-0.2, 0) is 0 Å². The fourth-order valence-electron chi connectivity index (χ4n) is 1.85. The molecular weight excluding hydrogens is 231 g/mol. The fraction of sp³-hybridized carbons (Fsp3) is 0.545. The Morgan fingerprint density at radius 1 is 1.38 bits per heavy atom. The Morgan fingerprint density at radius 3 is 2.69 bits per heavy atom. The number of pyridine rings is 1. The lowest BCUT2D eigenvalue weighted by molar-refractivity contribution is 0.135. The van der Waals surface area contributed by atoms with Crippen molar-refractivity contribution in [2.75, 3.05) is 0 Å². The fourth-order valence-corrected chi connectivity index (χ4v) is 2.00. The van der Waals surface area contributed by atoms with E-state index in [-0.39, 0.29) is 23.0 Å². The van der Waals surface area contributed by atoms with Crippen molar-refractivity contribution in [3.05, 3.63) is 23.1 Å². The van der Waals surface area contributed by atoms with Crippen LogP contribution in [0.3, 0.4) is 0 Å². The first-order chi connectivity index (χ1) is 7.65. The zero-order chi connectivity index (χ0) is 11.5. The third-order valence-corrected chi connectivity index (χ3v) is 2.98. The van der Waals surface area contributed by atoms with Gasteiger partial charge in [-0.05, 0) is 31.7 Å². The highest BCUT2D eigenvalue weighted by Gasteiger charge is 2.21. The van der Waals surface area contributed by atoms with Crippen LogP contribution in [0.15, 0.2) is 12.3 Å². The maximum absolute atomic E-state index is 13.4. The standard InChI is InChI=1S/C11H14ClFN2O/c12-7-5-10(13)11(15-6-7)16-9-3-1-8(14)2-4-9/h5-6,8-9H,1-4,14H2. The van der Waals surface area contributed by atoms with E-state index >= 15 is 0 Å². The number of hydrogen-bond donors (Lipinski definition) is 1. The van der Waals surface area contributed by atoms with Crippen molar-refractivity contribution >= 4 is 11.6 Å². The van der Waals surface area contributed by atoms with E-state index in [1.54, 1.807) is 0 Å². The summed E-state index contributed by atoms with van der Waals surface area (Å²) < 4.78 is 18.9. The van der Waals surface area contributed by atoms with Crippen molar-refractivity contribution in [2.45, 2.75) is 37.8 Å². The number of nitrogens with two attached hydrogens (primary N) is 1. The zero-order valence-electron chi connectivity index (χ0n) is 8.83. The molecule has 1 aliphatic rings. The summed E-state index contributed by atoms with van der Waals surface area (Å²) in [6.07, 6.45) is 4.94. The summed E-state index contributed by atoms with van der Waals surface area (Å²) in [5.74, 6) is -0.479. The second-order valence-corrected chi connectivity index (χ2v) is 4.53. The van der Waals surface area contributed by atoms with E-state index in [0.29, 0.717) is 0 Å². The normalized spacial score (nSPS) is 25.4. The lowest BCUT2D eigenvalue weighted by Crippen LogP contribution is -2.32. The molecule has 1 heterocycles. The number of aromatic nitrogens is 1. The Labute approximate surface area is 98.8 Å². The minimum atomic E-state index is -0.512. The van der Waals surface area contributed by atoms with Crippen molar-refractivity contribution in [2.24, 2.45) is 5.73 Å². The topological polar surface area (TPSA) is 48.1 Å². The van der Waals surface area contributed by atoms with Gasteiger partial charge in [-0.1, -0.05) is 11.6 Å². The van der Waals surface area contributed by atoms with Crippen molar-refractivity contribution in [1.29, 1.82) is 0 Å². The molecule has 0 radical (unpaired) electrons. The Bertz CT molecular complexity index is 367. The summed E-state index contributed by atoms with van der Waals surface area (Å²) in [7, 11) is 0. The van der Waals surface area contributed by atoms with Crippen LogP contribution >= 0.6 is 11.6 Å². The Balaban J connectivity index is 1.98. The van der Waals surface area contributed by atoms with Gasteiger partial charge in [0.25, 0.3) is 5.88 Å². The van der Waals surface area contributed by atoms with Crippen LogP contribution in [0.25, 0.3) is 0 Å². The summed E-state index contributed by atoms with van der Waals surface area (Å²) in [4.78, 5) is 3.83. The molecule has 1 saturated carbocycles. The molecule has 2 N–H and O–H groups in total. The summed E-state index contributed by atoms with van der Waals surface area (Å²) in [6.45, 7) is 0. The van der Waals surface area contributed by atoms with Crippen LogP contribution in [0.4, 0.5) is 4.39 Å². The van der Waals surface area contributed by atoms with Gasteiger partial charge in [0.2, 0.25) is 0 Å². The summed E-state index contributed by atoms with van der Waals surface area (Å²) in [5, 5.41) is 0.274. The first-order valence-corrected chi connectivity index (χ1v) is 5.76. The van der Waals surface area contributed by atoms with Crippen LogP contribution < -0.4 is 10.5 Å². The molecule has 1 fully saturated rings. The van der Waals surface area contributed by atoms with Gasteiger partial charge in [-0.2, -0.15) is 0 Å². The molecule has 2 rings (SSSR count). The molecule has 88 valence electrons. The van der Waals surface area contributed by atoms with E-state index in [1.807, 2.05) is 0 Å². The minimum Gasteiger partial charge on any atom is -0.472 e. The van der Waals surface area contributed by atoms with E-state index in [1.165, 1.54) is 12.3 Å². The monoisotopic (exact) mass is 244 g/mol. The molecule has 1 aliphatic carbocycles. The van der Waals surface area contributed by atoms with Gasteiger partial charge in [0.05, 0.1) is 5.02 Å². The van der Waals surface area contributed by atoms with Gasteiger partial charge >= 0.3 is 0 Å². The van der Waals surface area contributed by atoms with E-state index in [9.17, 15) is 4.39 Å². The van der Waals surface area contributed by atoms with E-state index in [4.69, 9.17) is 22.1 Å². The van der Waals surface area contributed by atoms with Crippen LogP contribution in [0, 0.1) is 5.82 Å². The third-order valence-electron chi connectivity index (χ3n) is 2.77. The quantitative estimate of drug-likeness (QED) is 0.870. The molecule has 0 spiro atoms. The first-order valence-electron chi connectivity index (χ1n) is 5.38. The highest BCUT2D eigenvalue weighted by Crippen LogP contribution is 2.24. The van der Waals surface area contributed by atoms with Crippen LogP contribution in [0.2, 0.25) is 5.02 Å². The van der Waals surface area contributed by atoms with E-state index < -0.39 is 5.82 Å². The van der Waals surface area contributed by atoms with Crippen LogP contribution in [-0.4, -0.2) is 17.1 Å². The first kappa shape index (κ1) is 11.6. The smallest absolute Gasteiger partial charge is 0.250 e. The number of rotatable bonds is 2. The van der Waals surface area contributed by atoms with Gasteiger partial charge in [0.15, 0.2) is 5.82 Å². The van der Waals surface area contributed by atoms with Gasteiger partial charge in [-0.25, -0.2) is 9.37 Å². The van der Waals surface area contributed by atoms with Gasteiger partial charge in [-0.3, -0.25) is 0 Å². The molecule has 5 heteroatoms. The number of nitrogens with zero attached hydrogens (tertiary/aromatic N) is 1. The summed E-state index contributed by atoms with van der Waals surface area (Å²) in [6, 6.07) is 1.46. The predicted octanol–water partition coefficient (Wildman–Crippen LogP) is 2.52. The van der Waals surface area contributed by atoms with Crippen LogP contribution in [0.1, 0.15) is 25.7 Å². The number of ether oxygens (including phenoxy) is 1.